The third kappa shape index (κ3) is 6.72. The second-order valence-electron chi connectivity index (χ2n) is 10.3. The zero-order valence-electron chi connectivity index (χ0n) is 22.9. The van der Waals surface area contributed by atoms with Crippen molar-refractivity contribution >= 4 is 38.7 Å². The predicted molar refractivity (Wildman–Crippen MR) is 152 cm³/mol. The zero-order valence-corrected chi connectivity index (χ0v) is 23.7. The maximum absolute atomic E-state index is 13.3. The lowest BCUT2D eigenvalue weighted by Gasteiger charge is -2.22. The van der Waals surface area contributed by atoms with Crippen LogP contribution in [0.1, 0.15) is 85.8 Å². The number of carbonyl (C=O) groups excluding carboxylic acids is 1. The molecule has 1 saturated heterocycles. The van der Waals surface area contributed by atoms with Gasteiger partial charge in [-0.1, -0.05) is 18.9 Å². The quantitative estimate of drug-likeness (QED) is 0.252. The van der Waals surface area contributed by atoms with Crippen LogP contribution in [0.25, 0.3) is 11.0 Å². The van der Waals surface area contributed by atoms with E-state index in [-0.39, 0.29) is 22.9 Å². The molecule has 12 nitrogen and oxygen atoms in total. The summed E-state index contributed by atoms with van der Waals surface area (Å²) in [6.45, 7) is 6.31. The van der Waals surface area contributed by atoms with Crippen molar-refractivity contribution in [3.63, 3.8) is 0 Å². The van der Waals surface area contributed by atoms with Crippen LogP contribution in [-0.4, -0.2) is 61.9 Å². The van der Waals surface area contributed by atoms with Crippen LogP contribution in [0.15, 0.2) is 29.3 Å². The minimum Gasteiger partial charge on any atom is -0.375 e. The number of pyridine rings is 2. The number of piperidine rings is 1. The Bertz CT molecular complexity index is 1530. The Labute approximate surface area is 233 Å². The highest BCUT2D eigenvalue weighted by atomic mass is 32.2. The van der Waals surface area contributed by atoms with E-state index in [1.165, 1.54) is 12.5 Å². The van der Waals surface area contributed by atoms with E-state index in [0.29, 0.717) is 28.9 Å². The number of hydrogen-bond acceptors (Lipinski definition) is 10. The lowest BCUT2D eigenvalue weighted by atomic mass is 9.91. The van der Waals surface area contributed by atoms with E-state index in [1.807, 2.05) is 12.3 Å². The van der Waals surface area contributed by atoms with Crippen LogP contribution in [0.3, 0.4) is 0 Å². The second kappa shape index (κ2) is 12.5. The number of fused-ring (bicyclic) bond motifs is 1. The first-order valence-corrected chi connectivity index (χ1v) is 15.0. The average Bonchev–Trinajstić information content (AvgIpc) is 3.44. The molecule has 13 heteroatoms. The Hall–Kier alpha value is -3.26. The summed E-state index contributed by atoms with van der Waals surface area (Å²) in [5.41, 5.74) is 0.810. The van der Waals surface area contributed by atoms with Crippen molar-refractivity contribution in [3.8, 4) is 0 Å². The average molecular weight is 573 g/mol. The molecular formula is C27H36N6O6S. The molecule has 4 N–H and O–H groups in total. The molecule has 3 aromatic rings. The molecule has 3 aromatic heterocycles. The highest BCUT2D eigenvalue weighted by Gasteiger charge is 2.26. The summed E-state index contributed by atoms with van der Waals surface area (Å²) in [5.74, 6) is 1.39. The highest BCUT2D eigenvalue weighted by Crippen LogP contribution is 2.32. The van der Waals surface area contributed by atoms with Crippen molar-refractivity contribution < 1.29 is 22.9 Å². The first-order chi connectivity index (χ1) is 19.0. The summed E-state index contributed by atoms with van der Waals surface area (Å²) in [6.07, 6.45) is 9.88. The normalized spacial score (nSPS) is 17.3. The first-order valence-electron chi connectivity index (χ1n) is 13.5. The molecule has 0 aromatic carbocycles. The molecule has 0 spiro atoms. The van der Waals surface area contributed by atoms with Crippen molar-refractivity contribution in [3.05, 3.63) is 51.6 Å². The molecule has 2 fully saturated rings. The Morgan fingerprint density at radius 1 is 1.12 bits per heavy atom. The number of Topliss-reactive ketones (excluding diaryl/α,β-unsaturated/α-hetero) is 1. The molecule has 1 unspecified atom stereocenters. The van der Waals surface area contributed by atoms with Gasteiger partial charge in [0.1, 0.15) is 11.5 Å². The van der Waals surface area contributed by atoms with Gasteiger partial charge in [-0.05, 0) is 82.7 Å². The number of hydrogen-bond donors (Lipinski definition) is 4. The number of aryl methyl sites for hydroxylation is 1. The summed E-state index contributed by atoms with van der Waals surface area (Å²) in [6, 6.07) is 4.13. The number of nitrogens with zero attached hydrogens (tertiary/aromatic N) is 4. The smallest absolute Gasteiger partial charge is 0.291 e. The van der Waals surface area contributed by atoms with Crippen LogP contribution in [0.2, 0.25) is 0 Å². The fourth-order valence-electron chi connectivity index (χ4n) is 5.30. The molecule has 0 radical (unpaired) electrons. The van der Waals surface area contributed by atoms with Gasteiger partial charge in [0, 0.05) is 23.8 Å². The van der Waals surface area contributed by atoms with Crippen molar-refractivity contribution in [1.82, 2.24) is 24.8 Å². The summed E-state index contributed by atoms with van der Waals surface area (Å²) < 4.78 is 28.8. The lowest BCUT2D eigenvalue weighted by molar-refractivity contribution is 0.101. The number of aliphatic hydroxyl groups excluding tert-OH is 1. The van der Waals surface area contributed by atoms with Crippen LogP contribution in [0, 0.1) is 6.92 Å². The SMILES string of the molecule is CC(=O)c1c(C)c2cnc(Nc3ccc(C4CCNCC4)cn3)nc2n(C2CCCC2)c1=O.CC(O)S(=O)(=O)O. The minimum atomic E-state index is -4.19. The van der Waals surface area contributed by atoms with Crippen molar-refractivity contribution in [2.75, 3.05) is 18.4 Å². The molecule has 1 aliphatic heterocycles. The lowest BCUT2D eigenvalue weighted by Crippen LogP contribution is -2.30. The molecular weight excluding hydrogens is 536 g/mol. The van der Waals surface area contributed by atoms with Crippen LogP contribution in [-0.2, 0) is 10.1 Å². The van der Waals surface area contributed by atoms with E-state index < -0.39 is 15.6 Å². The van der Waals surface area contributed by atoms with E-state index in [0.717, 1.165) is 63.9 Å². The highest BCUT2D eigenvalue weighted by molar-refractivity contribution is 7.86. The predicted octanol–water partition coefficient (Wildman–Crippen LogP) is 3.24. The van der Waals surface area contributed by atoms with Gasteiger partial charge in [-0.2, -0.15) is 13.4 Å². The summed E-state index contributed by atoms with van der Waals surface area (Å²) in [7, 11) is -4.19. The van der Waals surface area contributed by atoms with E-state index in [2.05, 4.69) is 26.7 Å². The van der Waals surface area contributed by atoms with Gasteiger partial charge in [0.05, 0.1) is 5.56 Å². The molecule has 4 heterocycles. The Morgan fingerprint density at radius 2 is 1.77 bits per heavy atom. The van der Waals surface area contributed by atoms with Gasteiger partial charge in [0.15, 0.2) is 11.2 Å². The van der Waals surface area contributed by atoms with Crippen LogP contribution in [0.5, 0.6) is 0 Å². The van der Waals surface area contributed by atoms with Gasteiger partial charge in [0.25, 0.3) is 15.7 Å². The Balaban J connectivity index is 0.000000470. The third-order valence-corrected chi connectivity index (χ3v) is 8.38. The van der Waals surface area contributed by atoms with Crippen LogP contribution >= 0.6 is 0 Å². The largest absolute Gasteiger partial charge is 0.375 e. The van der Waals surface area contributed by atoms with Crippen molar-refractivity contribution in [1.29, 1.82) is 0 Å². The summed E-state index contributed by atoms with van der Waals surface area (Å²) in [4.78, 5) is 39.4. The molecule has 1 saturated carbocycles. The van der Waals surface area contributed by atoms with Gasteiger partial charge in [0.2, 0.25) is 5.95 Å². The molecule has 0 bridgehead atoms. The topological polar surface area (TPSA) is 176 Å². The molecule has 1 atom stereocenters. The molecule has 5 rings (SSSR count). The Morgan fingerprint density at radius 3 is 2.33 bits per heavy atom. The number of anilines is 2. The van der Waals surface area contributed by atoms with Crippen LogP contribution < -0.4 is 16.2 Å². The second-order valence-corrected chi connectivity index (χ2v) is 12.1. The van der Waals surface area contributed by atoms with Gasteiger partial charge in [-0.3, -0.25) is 18.7 Å². The molecule has 1 aliphatic carbocycles. The van der Waals surface area contributed by atoms with Gasteiger partial charge in [-0.25, -0.2) is 9.97 Å². The van der Waals surface area contributed by atoms with Crippen molar-refractivity contribution in [2.24, 2.45) is 0 Å². The van der Waals surface area contributed by atoms with Crippen molar-refractivity contribution in [2.45, 2.75) is 76.7 Å². The van der Waals surface area contributed by atoms with Gasteiger partial charge < -0.3 is 15.7 Å². The number of ketones is 1. The fourth-order valence-corrected chi connectivity index (χ4v) is 5.30. The maximum Gasteiger partial charge on any atom is 0.291 e. The number of aliphatic hydroxyl groups is 1. The van der Waals surface area contributed by atoms with Gasteiger partial charge in [-0.15, -0.1) is 0 Å². The summed E-state index contributed by atoms with van der Waals surface area (Å²) in [5, 5.41) is 15.4. The van der Waals surface area contributed by atoms with Crippen LogP contribution in [0.4, 0.5) is 11.8 Å². The number of carbonyl (C=O) groups is 1. The number of nitrogens with one attached hydrogen (secondary N) is 2. The standard InChI is InChI=1S/C25H30N6O2.C2H6O4S/c1-15-20-14-28-25(29-21-8-7-18(13-27-21)17-9-11-26-12-10-17)30-23(20)31(19-5-3-4-6-19)24(33)22(15)16(2)32;1-2(3)7(4,5)6/h7-8,13-14,17,19,26H,3-6,9-12H2,1-2H3,(H,27,28,29,30);2-3H,1H3,(H,4,5,6). The van der Waals surface area contributed by atoms with E-state index in [9.17, 15) is 18.0 Å². The van der Waals surface area contributed by atoms with E-state index in [1.54, 1.807) is 17.7 Å². The van der Waals surface area contributed by atoms with E-state index in [4.69, 9.17) is 14.6 Å². The first kappa shape index (κ1) is 29.7. The number of rotatable bonds is 6. The molecule has 216 valence electrons. The maximum atomic E-state index is 13.3. The zero-order chi connectivity index (χ0) is 29.0. The molecule has 0 amide bonds. The molecule has 40 heavy (non-hydrogen) atoms. The molecule has 2 aliphatic rings. The number of aromatic nitrogens is 4. The summed E-state index contributed by atoms with van der Waals surface area (Å²) >= 11 is 0. The fraction of sp³-hybridized carbons (Fsp3) is 0.519. The van der Waals surface area contributed by atoms with E-state index >= 15 is 0 Å². The minimum absolute atomic E-state index is 0.0591. The monoisotopic (exact) mass is 572 g/mol. The third-order valence-electron chi connectivity index (χ3n) is 7.52. The van der Waals surface area contributed by atoms with Gasteiger partial charge >= 0.3 is 0 Å². The Kier molecular flexibility index (Phi) is 9.29.